The topological polar surface area (TPSA) is 55.4 Å². The van der Waals surface area contributed by atoms with E-state index in [1.54, 1.807) is 43.5 Å². The second kappa shape index (κ2) is 9.32. The van der Waals surface area contributed by atoms with E-state index >= 15 is 0 Å². The Morgan fingerprint density at radius 2 is 1.75 bits per heavy atom. The fraction of sp³-hybridized carbons (Fsp3) is 0.0769. The fourth-order valence-electron chi connectivity index (χ4n) is 3.25. The van der Waals surface area contributed by atoms with Gasteiger partial charge < -0.3 is 10.1 Å². The number of hydrogen-bond acceptors (Lipinski definition) is 3. The van der Waals surface area contributed by atoms with Gasteiger partial charge in [0.15, 0.2) is 0 Å². The molecule has 1 N–H and O–H groups in total. The molecule has 0 radical (unpaired) electrons. The van der Waals surface area contributed by atoms with Gasteiger partial charge in [-0.3, -0.25) is 9.59 Å². The molecule has 0 atom stereocenters. The molecule has 0 aromatic heterocycles. The van der Waals surface area contributed by atoms with Crippen molar-refractivity contribution in [3.05, 3.63) is 98.5 Å². The van der Waals surface area contributed by atoms with Crippen molar-refractivity contribution in [2.75, 3.05) is 12.4 Å². The number of fused-ring (bicyclic) bond motifs is 1. The van der Waals surface area contributed by atoms with Gasteiger partial charge in [-0.25, -0.2) is 0 Å². The van der Waals surface area contributed by atoms with Crippen molar-refractivity contribution in [2.45, 2.75) is 6.42 Å². The number of ether oxygens (including phenoxy) is 1. The molecule has 0 spiro atoms. The maximum Gasteiger partial charge on any atom is 0.259 e. The van der Waals surface area contributed by atoms with Crippen LogP contribution in [0.25, 0.3) is 6.08 Å². The van der Waals surface area contributed by atoms with Gasteiger partial charge in [0.05, 0.1) is 28.4 Å². The first-order valence-electron chi connectivity index (χ1n) is 9.73. The zero-order valence-electron chi connectivity index (χ0n) is 17.0. The molecule has 1 amide bonds. The molecular weight excluding hydrogens is 445 g/mol. The highest BCUT2D eigenvalue weighted by atomic mass is 35.5. The summed E-state index contributed by atoms with van der Waals surface area (Å²) in [5, 5.41) is 3.51. The van der Waals surface area contributed by atoms with Crippen LogP contribution in [-0.4, -0.2) is 18.8 Å². The molecule has 3 aromatic rings. The van der Waals surface area contributed by atoms with Gasteiger partial charge in [-0.2, -0.15) is 0 Å². The molecule has 0 unspecified atom stereocenters. The van der Waals surface area contributed by atoms with Crippen LogP contribution in [0.5, 0.6) is 5.75 Å². The predicted molar refractivity (Wildman–Crippen MR) is 127 cm³/mol. The lowest BCUT2D eigenvalue weighted by molar-refractivity contribution is -0.112. The molecule has 0 saturated heterocycles. The van der Waals surface area contributed by atoms with Crippen LogP contribution in [0, 0.1) is 11.8 Å². The standard InChI is InChI=1S/C26H17Cl2NO3/c1-32-19-9-5-16(6-10-19)3-2-4-17-8-12-24-20(13-17)25(30)21(26(31)29-24)14-18-7-11-22(27)23(28)15-18/h5-15H,3H2,1H3,(H,29,31)/b21-14-. The second-order valence-electron chi connectivity index (χ2n) is 7.10. The first-order valence-corrected chi connectivity index (χ1v) is 10.5. The Morgan fingerprint density at radius 1 is 0.969 bits per heavy atom. The van der Waals surface area contributed by atoms with E-state index < -0.39 is 5.91 Å². The summed E-state index contributed by atoms with van der Waals surface area (Å²) >= 11 is 12.0. The van der Waals surface area contributed by atoms with E-state index in [9.17, 15) is 9.59 Å². The molecule has 32 heavy (non-hydrogen) atoms. The summed E-state index contributed by atoms with van der Waals surface area (Å²) in [5.41, 5.74) is 3.25. The summed E-state index contributed by atoms with van der Waals surface area (Å²) in [5.74, 6) is 6.16. The van der Waals surface area contributed by atoms with Crippen molar-refractivity contribution in [3.8, 4) is 17.6 Å². The lowest BCUT2D eigenvalue weighted by Crippen LogP contribution is -2.27. The molecule has 1 heterocycles. The summed E-state index contributed by atoms with van der Waals surface area (Å²) in [4.78, 5) is 25.5. The van der Waals surface area contributed by atoms with Gasteiger partial charge in [0.25, 0.3) is 5.91 Å². The Labute approximate surface area is 195 Å². The summed E-state index contributed by atoms with van der Waals surface area (Å²) in [6.45, 7) is 0. The van der Waals surface area contributed by atoms with Crippen LogP contribution in [-0.2, 0) is 11.2 Å². The highest BCUT2D eigenvalue weighted by molar-refractivity contribution is 6.42. The van der Waals surface area contributed by atoms with E-state index in [0.717, 1.165) is 11.3 Å². The van der Waals surface area contributed by atoms with Gasteiger partial charge in [-0.15, -0.1) is 0 Å². The second-order valence-corrected chi connectivity index (χ2v) is 7.92. The number of hydrogen-bond donors (Lipinski definition) is 1. The van der Waals surface area contributed by atoms with Gasteiger partial charge >= 0.3 is 0 Å². The molecule has 0 fully saturated rings. The normalized spacial score (nSPS) is 13.8. The third-order valence-electron chi connectivity index (χ3n) is 4.94. The van der Waals surface area contributed by atoms with Crippen LogP contribution in [0.4, 0.5) is 5.69 Å². The van der Waals surface area contributed by atoms with Crippen LogP contribution in [0.2, 0.25) is 10.0 Å². The number of benzene rings is 3. The minimum Gasteiger partial charge on any atom is -0.497 e. The predicted octanol–water partition coefficient (Wildman–Crippen LogP) is 5.81. The average Bonchev–Trinajstić information content (AvgIpc) is 2.80. The zero-order valence-corrected chi connectivity index (χ0v) is 18.6. The summed E-state index contributed by atoms with van der Waals surface area (Å²) in [6.07, 6.45) is 2.07. The molecule has 4 nitrogen and oxygen atoms in total. The van der Waals surface area contributed by atoms with Crippen molar-refractivity contribution in [3.63, 3.8) is 0 Å². The van der Waals surface area contributed by atoms with Gasteiger partial charge in [0, 0.05) is 17.5 Å². The first kappa shape index (κ1) is 21.7. The number of rotatable bonds is 3. The molecule has 158 valence electrons. The maximum absolute atomic E-state index is 13.0. The van der Waals surface area contributed by atoms with Crippen molar-refractivity contribution in [1.29, 1.82) is 0 Å². The van der Waals surface area contributed by atoms with Crippen LogP contribution in [0.1, 0.15) is 27.0 Å². The number of carbonyl (C=O) groups is 2. The van der Waals surface area contributed by atoms with Crippen molar-refractivity contribution < 1.29 is 14.3 Å². The lowest BCUT2D eigenvalue weighted by Gasteiger charge is -2.18. The van der Waals surface area contributed by atoms with E-state index in [1.165, 1.54) is 6.08 Å². The number of ketones is 1. The largest absolute Gasteiger partial charge is 0.497 e. The van der Waals surface area contributed by atoms with Gasteiger partial charge in [0.1, 0.15) is 5.75 Å². The van der Waals surface area contributed by atoms with E-state index in [2.05, 4.69) is 17.2 Å². The molecule has 0 saturated carbocycles. The Hall–Kier alpha value is -3.52. The van der Waals surface area contributed by atoms with Crippen molar-refractivity contribution >= 4 is 46.7 Å². The fourth-order valence-corrected chi connectivity index (χ4v) is 3.55. The summed E-state index contributed by atoms with van der Waals surface area (Å²) in [7, 11) is 1.62. The van der Waals surface area contributed by atoms with E-state index in [1.807, 2.05) is 24.3 Å². The number of carbonyl (C=O) groups excluding carboxylic acids is 2. The van der Waals surface area contributed by atoms with Gasteiger partial charge in [0.2, 0.25) is 5.78 Å². The van der Waals surface area contributed by atoms with Crippen molar-refractivity contribution in [1.82, 2.24) is 0 Å². The molecule has 1 aliphatic rings. The number of Topliss-reactive ketones (excluding diaryl/α,β-unsaturated/α-hetero) is 1. The van der Waals surface area contributed by atoms with Crippen LogP contribution >= 0.6 is 23.2 Å². The smallest absolute Gasteiger partial charge is 0.259 e. The minimum atomic E-state index is -0.466. The minimum absolute atomic E-state index is 0.0271. The summed E-state index contributed by atoms with van der Waals surface area (Å²) < 4.78 is 5.16. The van der Waals surface area contributed by atoms with Crippen molar-refractivity contribution in [2.24, 2.45) is 0 Å². The van der Waals surface area contributed by atoms with E-state index in [-0.39, 0.29) is 11.4 Å². The maximum atomic E-state index is 13.0. The van der Waals surface area contributed by atoms with E-state index in [4.69, 9.17) is 27.9 Å². The van der Waals surface area contributed by atoms with Gasteiger partial charge in [-0.1, -0.05) is 53.2 Å². The third-order valence-corrected chi connectivity index (χ3v) is 5.68. The number of methoxy groups -OCH3 is 1. The molecule has 0 aliphatic carbocycles. The average molecular weight is 462 g/mol. The number of anilines is 1. The first-order chi connectivity index (χ1) is 15.4. The molecular formula is C26H17Cl2NO3. The Kier molecular flexibility index (Phi) is 6.32. The van der Waals surface area contributed by atoms with Gasteiger partial charge in [-0.05, 0) is 59.7 Å². The number of nitrogens with one attached hydrogen (secondary N) is 1. The molecule has 6 heteroatoms. The molecule has 0 bridgehead atoms. The highest BCUT2D eigenvalue weighted by Gasteiger charge is 2.28. The number of halogens is 2. The quantitative estimate of drug-likeness (QED) is 0.304. The summed E-state index contributed by atoms with van der Waals surface area (Å²) in [6, 6.07) is 17.8. The van der Waals surface area contributed by atoms with Crippen LogP contribution in [0.3, 0.4) is 0 Å². The SMILES string of the molecule is COc1ccc(CC#Cc2ccc3c(c2)C(=O)/C(=C/c2ccc(Cl)c(Cl)c2)C(=O)N3)cc1. The van der Waals surface area contributed by atoms with Crippen LogP contribution < -0.4 is 10.1 Å². The molecule has 1 aliphatic heterocycles. The van der Waals surface area contributed by atoms with Crippen LogP contribution in [0.15, 0.2) is 66.2 Å². The highest BCUT2D eigenvalue weighted by Crippen LogP contribution is 2.29. The lowest BCUT2D eigenvalue weighted by atomic mass is 9.94. The third kappa shape index (κ3) is 4.70. The zero-order chi connectivity index (χ0) is 22.7. The molecule has 4 rings (SSSR count). The Morgan fingerprint density at radius 3 is 2.47 bits per heavy atom. The Balaban J connectivity index is 1.58. The molecule has 3 aromatic carbocycles. The Bertz CT molecular complexity index is 1320. The number of amides is 1. The van der Waals surface area contributed by atoms with E-state index in [0.29, 0.717) is 38.8 Å². The monoisotopic (exact) mass is 461 g/mol.